The summed E-state index contributed by atoms with van der Waals surface area (Å²) in [5, 5.41) is 3.85. The second kappa shape index (κ2) is 9.21. The number of nitrogens with one attached hydrogen (secondary N) is 2. The molecule has 3 aromatic rings. The van der Waals surface area contributed by atoms with Crippen LogP contribution >= 0.6 is 11.6 Å². The topological polar surface area (TPSA) is 98.2 Å². The van der Waals surface area contributed by atoms with Crippen LogP contribution in [0.2, 0.25) is 5.02 Å². The number of halogens is 1. The second-order valence-electron chi connectivity index (χ2n) is 6.27. The maximum Gasteiger partial charge on any atom is 0.333 e. The summed E-state index contributed by atoms with van der Waals surface area (Å²) in [5.41, 5.74) is 1.00. The number of aryl methyl sites for hydroxylation is 1. The van der Waals surface area contributed by atoms with Gasteiger partial charge >= 0.3 is 5.69 Å². The molecule has 0 atom stereocenters. The number of H-pyrrole nitrogens is 1. The lowest BCUT2D eigenvalue weighted by atomic mass is 10.2. The number of hydrogen-bond donors (Lipinski definition) is 2. The number of nitrogens with zero attached hydrogens (tertiary/aromatic N) is 2. The Balaban J connectivity index is 2.16. The zero-order chi connectivity index (χ0) is 21.0. The number of anilines is 1. The van der Waals surface area contributed by atoms with Crippen molar-refractivity contribution in [1.29, 1.82) is 0 Å². The molecule has 2 N–H and O–H groups in total. The molecule has 2 heterocycles. The number of aromatic amines is 1. The first-order valence-corrected chi connectivity index (χ1v) is 9.71. The van der Waals surface area contributed by atoms with Crippen LogP contribution in [0, 0.1) is 6.92 Å². The van der Waals surface area contributed by atoms with Gasteiger partial charge in [0, 0.05) is 24.4 Å². The summed E-state index contributed by atoms with van der Waals surface area (Å²) in [4.78, 5) is 31.9. The zero-order valence-corrected chi connectivity index (χ0v) is 17.2. The number of fused-ring (bicyclic) bond motifs is 1. The molecule has 0 fully saturated rings. The van der Waals surface area contributed by atoms with Gasteiger partial charge in [-0.3, -0.25) is 19.3 Å². The molecule has 3 rings (SSSR count). The van der Waals surface area contributed by atoms with Crippen molar-refractivity contribution in [3.8, 4) is 5.69 Å². The maximum atomic E-state index is 12.7. The second-order valence-corrected chi connectivity index (χ2v) is 6.71. The van der Waals surface area contributed by atoms with Gasteiger partial charge in [-0.2, -0.15) is 0 Å². The summed E-state index contributed by atoms with van der Waals surface area (Å²) in [6.07, 6.45) is 1.16. The van der Waals surface area contributed by atoms with Crippen LogP contribution in [0.1, 0.15) is 19.5 Å². The van der Waals surface area contributed by atoms with Crippen molar-refractivity contribution in [2.75, 3.05) is 25.1 Å². The Morgan fingerprint density at radius 1 is 1.24 bits per heavy atom. The first-order chi connectivity index (χ1) is 14.0. The molecule has 8 nitrogen and oxygen atoms in total. The third-order valence-electron chi connectivity index (χ3n) is 4.36. The van der Waals surface area contributed by atoms with Crippen molar-refractivity contribution in [2.24, 2.45) is 0 Å². The molecule has 1 aromatic carbocycles. The van der Waals surface area contributed by atoms with Gasteiger partial charge in [-0.05, 0) is 45.0 Å². The Bertz CT molecular complexity index is 1120. The van der Waals surface area contributed by atoms with Gasteiger partial charge in [0.2, 0.25) is 0 Å². The van der Waals surface area contributed by atoms with E-state index in [-0.39, 0.29) is 0 Å². The van der Waals surface area contributed by atoms with Crippen LogP contribution < -0.4 is 16.6 Å². The number of rotatable bonds is 8. The van der Waals surface area contributed by atoms with E-state index in [2.05, 4.69) is 15.3 Å². The van der Waals surface area contributed by atoms with Crippen LogP contribution in [-0.2, 0) is 9.47 Å². The number of aromatic nitrogens is 3. The highest BCUT2D eigenvalue weighted by atomic mass is 35.5. The van der Waals surface area contributed by atoms with Crippen molar-refractivity contribution in [3.63, 3.8) is 0 Å². The third-order valence-corrected chi connectivity index (χ3v) is 4.58. The van der Waals surface area contributed by atoms with Crippen molar-refractivity contribution < 1.29 is 9.47 Å². The molecular formula is C20H23ClN4O4. The molecule has 0 saturated heterocycles. The highest BCUT2D eigenvalue weighted by Gasteiger charge is 2.17. The van der Waals surface area contributed by atoms with E-state index in [1.165, 1.54) is 4.57 Å². The van der Waals surface area contributed by atoms with E-state index in [1.54, 1.807) is 37.4 Å². The lowest BCUT2D eigenvalue weighted by Gasteiger charge is -2.19. The quantitative estimate of drug-likeness (QED) is 0.546. The molecule has 0 aliphatic carbocycles. The lowest BCUT2D eigenvalue weighted by Crippen LogP contribution is -2.31. The van der Waals surface area contributed by atoms with Crippen molar-refractivity contribution >= 4 is 28.2 Å². The minimum atomic E-state index is -0.562. The van der Waals surface area contributed by atoms with E-state index in [0.717, 1.165) is 0 Å². The van der Waals surface area contributed by atoms with Crippen molar-refractivity contribution in [2.45, 2.75) is 27.1 Å². The van der Waals surface area contributed by atoms with E-state index >= 15 is 0 Å². The minimum Gasteiger partial charge on any atom is -0.379 e. The van der Waals surface area contributed by atoms with Crippen LogP contribution in [-0.4, -0.2) is 40.6 Å². The summed E-state index contributed by atoms with van der Waals surface area (Å²) in [6.45, 7) is 6.83. The maximum absolute atomic E-state index is 12.7. The van der Waals surface area contributed by atoms with E-state index in [0.29, 0.717) is 52.8 Å². The van der Waals surface area contributed by atoms with Crippen LogP contribution in [0.15, 0.2) is 40.1 Å². The first-order valence-electron chi connectivity index (χ1n) is 9.33. The monoisotopic (exact) mass is 418 g/mol. The lowest BCUT2D eigenvalue weighted by molar-refractivity contribution is -0.126. The number of ether oxygens (including phenoxy) is 2. The van der Waals surface area contributed by atoms with Crippen LogP contribution in [0.5, 0.6) is 0 Å². The Labute approximate surface area is 172 Å². The summed E-state index contributed by atoms with van der Waals surface area (Å²) in [5.74, 6) is 0. The Hall–Kier alpha value is -2.68. The SMILES string of the molecule is CCOC(CNc1cc(Cl)cc2c1c(=O)[nH]c(=O)n2-c1cccnc1C)OCC. The van der Waals surface area contributed by atoms with Crippen LogP contribution in [0.4, 0.5) is 5.69 Å². The van der Waals surface area contributed by atoms with E-state index in [9.17, 15) is 9.59 Å². The third kappa shape index (κ3) is 4.50. The fourth-order valence-corrected chi connectivity index (χ4v) is 3.37. The molecule has 2 aromatic heterocycles. The summed E-state index contributed by atoms with van der Waals surface area (Å²) < 4.78 is 12.5. The molecule has 0 saturated carbocycles. The molecule has 0 unspecified atom stereocenters. The zero-order valence-electron chi connectivity index (χ0n) is 16.5. The number of benzene rings is 1. The van der Waals surface area contributed by atoms with Gasteiger partial charge in [-0.1, -0.05) is 11.6 Å². The minimum absolute atomic E-state index is 0.307. The molecule has 0 aliphatic heterocycles. The van der Waals surface area contributed by atoms with Gasteiger partial charge in [0.05, 0.1) is 34.5 Å². The summed E-state index contributed by atoms with van der Waals surface area (Å²) >= 11 is 6.32. The average Bonchev–Trinajstić information content (AvgIpc) is 2.67. The smallest absolute Gasteiger partial charge is 0.333 e. The highest BCUT2D eigenvalue weighted by molar-refractivity contribution is 6.31. The molecule has 0 bridgehead atoms. The fourth-order valence-electron chi connectivity index (χ4n) is 3.15. The Kier molecular flexibility index (Phi) is 6.68. The molecular weight excluding hydrogens is 396 g/mol. The van der Waals surface area contributed by atoms with Crippen molar-refractivity contribution in [3.05, 3.63) is 62.0 Å². The first kappa shape index (κ1) is 21.0. The van der Waals surface area contributed by atoms with E-state index in [4.69, 9.17) is 21.1 Å². The standard InChI is InChI=1S/C20H23ClN4O4/c1-4-28-17(29-5-2)11-23-14-9-13(21)10-16-18(14)19(26)24-20(27)25(16)15-7-6-8-22-12(15)3/h6-10,17,23H,4-5,11H2,1-3H3,(H,24,26,27). The molecule has 154 valence electrons. The van der Waals surface area contributed by atoms with Gasteiger partial charge in [0.15, 0.2) is 6.29 Å². The predicted octanol–water partition coefficient (Wildman–Crippen LogP) is 2.85. The summed E-state index contributed by atoms with van der Waals surface area (Å²) in [7, 11) is 0. The fraction of sp³-hybridized carbons (Fsp3) is 0.350. The average molecular weight is 419 g/mol. The molecule has 0 spiro atoms. The number of pyridine rings is 1. The normalized spacial score (nSPS) is 11.3. The molecule has 29 heavy (non-hydrogen) atoms. The molecule has 0 radical (unpaired) electrons. The summed E-state index contributed by atoms with van der Waals surface area (Å²) in [6, 6.07) is 6.71. The molecule has 9 heteroatoms. The number of hydrogen-bond acceptors (Lipinski definition) is 6. The molecule has 0 amide bonds. The Morgan fingerprint density at radius 2 is 1.97 bits per heavy atom. The molecule has 0 aliphatic rings. The Morgan fingerprint density at radius 3 is 2.62 bits per heavy atom. The van der Waals surface area contributed by atoms with Gasteiger partial charge in [0.25, 0.3) is 5.56 Å². The van der Waals surface area contributed by atoms with E-state index in [1.807, 2.05) is 13.8 Å². The van der Waals surface area contributed by atoms with E-state index < -0.39 is 17.5 Å². The predicted molar refractivity (Wildman–Crippen MR) is 113 cm³/mol. The van der Waals surface area contributed by atoms with Gasteiger partial charge < -0.3 is 14.8 Å². The van der Waals surface area contributed by atoms with Gasteiger partial charge in [-0.15, -0.1) is 0 Å². The highest BCUT2D eigenvalue weighted by Crippen LogP contribution is 2.27. The van der Waals surface area contributed by atoms with Gasteiger partial charge in [0.1, 0.15) is 0 Å². The largest absolute Gasteiger partial charge is 0.379 e. The van der Waals surface area contributed by atoms with Crippen molar-refractivity contribution in [1.82, 2.24) is 14.5 Å². The van der Waals surface area contributed by atoms with Crippen LogP contribution in [0.25, 0.3) is 16.6 Å². The van der Waals surface area contributed by atoms with Gasteiger partial charge in [-0.25, -0.2) is 4.79 Å². The van der Waals surface area contributed by atoms with Crippen LogP contribution in [0.3, 0.4) is 0 Å².